The SMILES string of the molecule is CCOC(=O)c1c(Br)ccc(C#N)c1S. The van der Waals surface area contributed by atoms with Gasteiger partial charge in [0.25, 0.3) is 0 Å². The van der Waals surface area contributed by atoms with Crippen LogP contribution in [0.3, 0.4) is 0 Å². The molecule has 15 heavy (non-hydrogen) atoms. The number of ether oxygens (including phenoxy) is 1. The predicted molar refractivity (Wildman–Crippen MR) is 62.1 cm³/mol. The van der Waals surface area contributed by atoms with E-state index in [-0.39, 0.29) is 6.61 Å². The molecule has 0 spiro atoms. The van der Waals surface area contributed by atoms with Crippen molar-refractivity contribution in [2.24, 2.45) is 0 Å². The summed E-state index contributed by atoms with van der Waals surface area (Å²) in [5.74, 6) is -0.480. The van der Waals surface area contributed by atoms with E-state index >= 15 is 0 Å². The minimum Gasteiger partial charge on any atom is -0.462 e. The first-order valence-corrected chi connectivity index (χ1v) is 5.44. The van der Waals surface area contributed by atoms with Gasteiger partial charge in [0.1, 0.15) is 6.07 Å². The van der Waals surface area contributed by atoms with Crippen LogP contribution in [-0.4, -0.2) is 12.6 Å². The average Bonchev–Trinajstić information content (AvgIpc) is 2.18. The van der Waals surface area contributed by atoms with E-state index in [1.807, 2.05) is 6.07 Å². The number of rotatable bonds is 2. The molecular weight excluding hydrogens is 278 g/mol. The maximum absolute atomic E-state index is 11.5. The van der Waals surface area contributed by atoms with Crippen LogP contribution in [-0.2, 0) is 4.74 Å². The number of halogens is 1. The van der Waals surface area contributed by atoms with E-state index in [0.29, 0.717) is 20.5 Å². The Labute approximate surface area is 102 Å². The Morgan fingerprint density at radius 3 is 2.87 bits per heavy atom. The highest BCUT2D eigenvalue weighted by Crippen LogP contribution is 2.27. The van der Waals surface area contributed by atoms with E-state index in [2.05, 4.69) is 28.6 Å². The molecule has 0 heterocycles. The van der Waals surface area contributed by atoms with E-state index in [9.17, 15) is 4.79 Å². The largest absolute Gasteiger partial charge is 0.462 e. The highest BCUT2D eigenvalue weighted by Gasteiger charge is 2.17. The summed E-state index contributed by atoms with van der Waals surface area (Å²) in [5, 5.41) is 8.78. The summed E-state index contributed by atoms with van der Waals surface area (Å²) in [5.41, 5.74) is 0.642. The number of carbonyl (C=O) groups excluding carboxylic acids is 1. The van der Waals surface area contributed by atoms with Crippen LogP contribution in [0.4, 0.5) is 0 Å². The lowest BCUT2D eigenvalue weighted by molar-refractivity contribution is 0.0521. The fourth-order valence-electron chi connectivity index (χ4n) is 1.05. The van der Waals surface area contributed by atoms with Crippen LogP contribution >= 0.6 is 28.6 Å². The average molecular weight is 286 g/mol. The molecule has 0 saturated heterocycles. The lowest BCUT2D eigenvalue weighted by Gasteiger charge is -2.07. The molecule has 5 heteroatoms. The minimum atomic E-state index is -0.480. The molecule has 0 aliphatic heterocycles. The summed E-state index contributed by atoms with van der Waals surface area (Å²) in [4.78, 5) is 11.9. The monoisotopic (exact) mass is 285 g/mol. The van der Waals surface area contributed by atoms with Crippen LogP contribution < -0.4 is 0 Å². The van der Waals surface area contributed by atoms with E-state index < -0.39 is 5.97 Å². The summed E-state index contributed by atoms with van der Waals surface area (Å²) in [6.45, 7) is 2.01. The molecule has 0 bridgehead atoms. The van der Waals surface area contributed by atoms with Crippen LogP contribution in [0.2, 0.25) is 0 Å². The van der Waals surface area contributed by atoms with E-state index in [1.165, 1.54) is 0 Å². The first kappa shape index (κ1) is 12.1. The van der Waals surface area contributed by atoms with Gasteiger partial charge >= 0.3 is 5.97 Å². The smallest absolute Gasteiger partial charge is 0.340 e. The van der Waals surface area contributed by atoms with Gasteiger partial charge in [-0.05, 0) is 35.0 Å². The highest BCUT2D eigenvalue weighted by molar-refractivity contribution is 9.10. The molecule has 3 nitrogen and oxygen atoms in total. The predicted octanol–water partition coefficient (Wildman–Crippen LogP) is 2.79. The minimum absolute atomic E-state index is 0.287. The fraction of sp³-hybridized carbons (Fsp3) is 0.200. The quantitative estimate of drug-likeness (QED) is 0.672. The Morgan fingerprint density at radius 2 is 2.33 bits per heavy atom. The molecule has 0 N–H and O–H groups in total. The molecule has 0 amide bonds. The van der Waals surface area contributed by atoms with Crippen molar-refractivity contribution in [1.29, 1.82) is 5.26 Å². The Bertz CT molecular complexity index is 440. The molecule has 1 rings (SSSR count). The first-order chi connectivity index (χ1) is 7.11. The van der Waals surface area contributed by atoms with E-state index in [4.69, 9.17) is 10.00 Å². The van der Waals surface area contributed by atoms with Gasteiger partial charge in [-0.15, -0.1) is 12.6 Å². The Balaban J connectivity index is 3.28. The molecule has 0 radical (unpaired) electrons. The van der Waals surface area contributed by atoms with Gasteiger partial charge in [-0.1, -0.05) is 0 Å². The molecule has 0 aliphatic carbocycles. The number of thiol groups is 1. The zero-order valence-corrected chi connectivity index (χ0v) is 10.4. The molecule has 1 aromatic rings. The normalized spacial score (nSPS) is 9.47. The van der Waals surface area contributed by atoms with Gasteiger partial charge < -0.3 is 4.74 Å². The van der Waals surface area contributed by atoms with Gasteiger partial charge in [-0.3, -0.25) is 0 Å². The molecule has 78 valence electrons. The molecule has 1 aromatic carbocycles. The van der Waals surface area contributed by atoms with Gasteiger partial charge in [0, 0.05) is 9.37 Å². The van der Waals surface area contributed by atoms with Crippen molar-refractivity contribution in [2.45, 2.75) is 11.8 Å². The van der Waals surface area contributed by atoms with Gasteiger partial charge in [0.05, 0.1) is 17.7 Å². The molecule has 0 fully saturated rings. The van der Waals surface area contributed by atoms with Crippen LogP contribution in [0.25, 0.3) is 0 Å². The molecule has 0 saturated carbocycles. The maximum Gasteiger partial charge on any atom is 0.340 e. The van der Waals surface area contributed by atoms with Gasteiger partial charge in [-0.25, -0.2) is 4.79 Å². The molecular formula is C10H8BrNO2S. The zero-order chi connectivity index (χ0) is 11.4. The number of carbonyl (C=O) groups is 1. The standard InChI is InChI=1S/C10H8BrNO2S/c1-2-14-10(13)8-7(11)4-3-6(5-12)9(8)15/h3-4,15H,2H2,1H3. The summed E-state index contributed by atoms with van der Waals surface area (Å²) < 4.78 is 5.44. The van der Waals surface area contributed by atoms with E-state index in [0.717, 1.165) is 0 Å². The number of nitriles is 1. The second-order valence-electron chi connectivity index (χ2n) is 2.65. The van der Waals surface area contributed by atoms with Crippen molar-refractivity contribution in [3.8, 4) is 6.07 Å². The third kappa shape index (κ3) is 2.52. The lowest BCUT2D eigenvalue weighted by Crippen LogP contribution is -2.07. The Kier molecular flexibility index (Phi) is 4.18. The molecule has 0 unspecified atom stereocenters. The van der Waals surface area contributed by atoms with Gasteiger partial charge in [0.2, 0.25) is 0 Å². The van der Waals surface area contributed by atoms with Crippen molar-refractivity contribution in [2.75, 3.05) is 6.61 Å². The second kappa shape index (κ2) is 5.19. The highest BCUT2D eigenvalue weighted by atomic mass is 79.9. The molecule has 0 atom stereocenters. The Hall–Kier alpha value is -0.990. The number of esters is 1. The fourth-order valence-corrected chi connectivity index (χ4v) is 2.04. The van der Waals surface area contributed by atoms with Crippen molar-refractivity contribution < 1.29 is 9.53 Å². The number of hydrogen-bond acceptors (Lipinski definition) is 4. The second-order valence-corrected chi connectivity index (χ2v) is 3.95. The van der Waals surface area contributed by atoms with Gasteiger partial charge in [0.15, 0.2) is 0 Å². The Morgan fingerprint density at radius 1 is 1.67 bits per heavy atom. The molecule has 0 aliphatic rings. The van der Waals surface area contributed by atoms with Crippen LogP contribution in [0.15, 0.2) is 21.5 Å². The number of nitrogens with zero attached hydrogens (tertiary/aromatic N) is 1. The zero-order valence-electron chi connectivity index (χ0n) is 7.95. The van der Waals surface area contributed by atoms with Crippen LogP contribution in [0, 0.1) is 11.3 Å². The first-order valence-electron chi connectivity index (χ1n) is 4.20. The third-order valence-electron chi connectivity index (χ3n) is 1.73. The molecule has 0 aromatic heterocycles. The number of benzene rings is 1. The lowest BCUT2D eigenvalue weighted by atomic mass is 10.1. The van der Waals surface area contributed by atoms with Crippen molar-refractivity contribution in [1.82, 2.24) is 0 Å². The summed E-state index contributed by atoms with van der Waals surface area (Å²) in [6.07, 6.45) is 0. The van der Waals surface area contributed by atoms with Gasteiger partial charge in [-0.2, -0.15) is 5.26 Å². The van der Waals surface area contributed by atoms with Crippen molar-refractivity contribution in [3.63, 3.8) is 0 Å². The number of hydrogen-bond donors (Lipinski definition) is 1. The van der Waals surface area contributed by atoms with Crippen molar-refractivity contribution >= 4 is 34.5 Å². The summed E-state index contributed by atoms with van der Waals surface area (Å²) in [6, 6.07) is 5.18. The van der Waals surface area contributed by atoms with Crippen LogP contribution in [0.5, 0.6) is 0 Å². The maximum atomic E-state index is 11.5. The van der Waals surface area contributed by atoms with E-state index in [1.54, 1.807) is 19.1 Å². The van der Waals surface area contributed by atoms with Crippen LogP contribution in [0.1, 0.15) is 22.8 Å². The third-order valence-corrected chi connectivity index (χ3v) is 2.85. The summed E-state index contributed by atoms with van der Waals surface area (Å²) in [7, 11) is 0. The topological polar surface area (TPSA) is 50.1 Å². The summed E-state index contributed by atoms with van der Waals surface area (Å²) >= 11 is 7.36. The van der Waals surface area contributed by atoms with Crippen molar-refractivity contribution in [3.05, 3.63) is 27.7 Å².